The van der Waals surface area contributed by atoms with Gasteiger partial charge in [-0.15, -0.1) is 5.11 Å². The highest BCUT2D eigenvalue weighted by Gasteiger charge is 2.14. The van der Waals surface area contributed by atoms with Gasteiger partial charge in [0.05, 0.1) is 24.8 Å². The Bertz CT molecular complexity index is 1070. The van der Waals surface area contributed by atoms with Gasteiger partial charge < -0.3 is 19.1 Å². The highest BCUT2D eigenvalue weighted by molar-refractivity contribution is 6.30. The van der Waals surface area contributed by atoms with Gasteiger partial charge in [0.25, 0.3) is 0 Å². The molecule has 172 valence electrons. The number of rotatable bonds is 9. The van der Waals surface area contributed by atoms with Crippen LogP contribution in [-0.4, -0.2) is 49.5 Å². The summed E-state index contributed by atoms with van der Waals surface area (Å²) in [5.74, 6) is 1.46. The molecule has 2 aromatic heterocycles. The zero-order valence-electron chi connectivity index (χ0n) is 18.5. The number of anilines is 1. The van der Waals surface area contributed by atoms with Crippen LogP contribution in [-0.2, 0) is 11.3 Å². The minimum Gasteiger partial charge on any atom is -0.474 e. The van der Waals surface area contributed by atoms with Crippen molar-refractivity contribution in [2.75, 3.05) is 44.4 Å². The van der Waals surface area contributed by atoms with Crippen LogP contribution < -0.4 is 14.4 Å². The Morgan fingerprint density at radius 3 is 2.61 bits per heavy atom. The first kappa shape index (κ1) is 22.9. The lowest BCUT2D eigenvalue weighted by molar-refractivity contribution is 0.122. The number of morpholine rings is 1. The molecule has 1 saturated heterocycles. The quantitative estimate of drug-likeness (QED) is 0.325. The van der Waals surface area contributed by atoms with Crippen LogP contribution in [0.1, 0.15) is 11.1 Å². The number of aromatic nitrogens is 2. The van der Waals surface area contributed by atoms with E-state index in [1.165, 1.54) is 5.56 Å². The SMILES string of the molecule is Cc1cccc(CN=Nc2cc(N3CCOCC3)cc(OCCOc3ccc(Cl)cn3)n2)c1. The summed E-state index contributed by atoms with van der Waals surface area (Å²) in [6.45, 7) is 6.15. The first-order valence-electron chi connectivity index (χ1n) is 10.8. The summed E-state index contributed by atoms with van der Waals surface area (Å²) in [6, 6.07) is 15.5. The van der Waals surface area contributed by atoms with Crippen LogP contribution in [0.15, 0.2) is 65.0 Å². The molecule has 0 atom stereocenters. The van der Waals surface area contributed by atoms with Gasteiger partial charge in [-0.3, -0.25) is 0 Å². The second-order valence-corrected chi connectivity index (χ2v) is 7.96. The van der Waals surface area contributed by atoms with Crippen molar-refractivity contribution in [2.24, 2.45) is 10.2 Å². The van der Waals surface area contributed by atoms with Gasteiger partial charge in [0, 0.05) is 43.2 Å². The number of ether oxygens (including phenoxy) is 3. The zero-order chi connectivity index (χ0) is 22.9. The molecule has 0 saturated carbocycles. The summed E-state index contributed by atoms with van der Waals surface area (Å²) in [7, 11) is 0. The maximum absolute atomic E-state index is 5.85. The maximum atomic E-state index is 5.85. The van der Waals surface area contributed by atoms with E-state index in [2.05, 4.69) is 44.2 Å². The average Bonchev–Trinajstić information content (AvgIpc) is 2.83. The molecular weight excluding hydrogens is 442 g/mol. The Kier molecular flexibility index (Phi) is 8.05. The van der Waals surface area contributed by atoms with Crippen molar-refractivity contribution in [3.8, 4) is 11.8 Å². The van der Waals surface area contributed by atoms with Crippen molar-refractivity contribution in [3.05, 3.63) is 70.9 Å². The lowest BCUT2D eigenvalue weighted by Crippen LogP contribution is -2.36. The molecule has 1 aromatic carbocycles. The van der Waals surface area contributed by atoms with E-state index in [9.17, 15) is 0 Å². The molecule has 8 nitrogen and oxygen atoms in total. The smallest absolute Gasteiger partial charge is 0.217 e. The van der Waals surface area contributed by atoms with Crippen LogP contribution >= 0.6 is 11.6 Å². The Morgan fingerprint density at radius 1 is 1.03 bits per heavy atom. The second-order valence-electron chi connectivity index (χ2n) is 7.52. The van der Waals surface area contributed by atoms with E-state index in [0.717, 1.165) is 24.3 Å². The summed E-state index contributed by atoms with van der Waals surface area (Å²) >= 11 is 5.85. The van der Waals surface area contributed by atoms with Gasteiger partial charge >= 0.3 is 0 Å². The van der Waals surface area contributed by atoms with Crippen molar-refractivity contribution in [3.63, 3.8) is 0 Å². The topological polar surface area (TPSA) is 81.4 Å². The summed E-state index contributed by atoms with van der Waals surface area (Å²) in [5, 5.41) is 9.26. The van der Waals surface area contributed by atoms with Crippen molar-refractivity contribution in [1.29, 1.82) is 0 Å². The Labute approximate surface area is 198 Å². The molecule has 0 bridgehead atoms. The fourth-order valence-corrected chi connectivity index (χ4v) is 3.46. The molecule has 0 spiro atoms. The lowest BCUT2D eigenvalue weighted by atomic mass is 10.1. The summed E-state index contributed by atoms with van der Waals surface area (Å²) in [5.41, 5.74) is 3.28. The number of hydrogen-bond donors (Lipinski definition) is 0. The van der Waals surface area contributed by atoms with Crippen molar-refractivity contribution in [2.45, 2.75) is 13.5 Å². The second kappa shape index (κ2) is 11.6. The molecule has 0 N–H and O–H groups in total. The Hall–Kier alpha value is -3.23. The van der Waals surface area contributed by atoms with Gasteiger partial charge in [0.1, 0.15) is 13.2 Å². The van der Waals surface area contributed by atoms with Gasteiger partial charge in [-0.25, -0.2) is 4.98 Å². The molecule has 3 heterocycles. The molecular formula is C24H26ClN5O3. The summed E-state index contributed by atoms with van der Waals surface area (Å²) < 4.78 is 16.9. The predicted molar refractivity (Wildman–Crippen MR) is 127 cm³/mol. The molecule has 33 heavy (non-hydrogen) atoms. The Morgan fingerprint density at radius 2 is 1.85 bits per heavy atom. The number of benzene rings is 1. The standard InChI is InChI=1S/C24H26ClN5O3/c1-18-3-2-4-19(13-18)16-27-29-22-14-21(30-7-9-31-10-8-30)15-24(28-22)33-12-11-32-23-6-5-20(25)17-26-23/h2-6,13-15,17H,7-12,16H2,1H3. The monoisotopic (exact) mass is 467 g/mol. The molecule has 0 unspecified atom stereocenters. The highest BCUT2D eigenvalue weighted by Crippen LogP contribution is 2.26. The lowest BCUT2D eigenvalue weighted by Gasteiger charge is -2.29. The molecule has 4 rings (SSSR count). The third kappa shape index (κ3) is 7.13. The van der Waals surface area contributed by atoms with E-state index < -0.39 is 0 Å². The summed E-state index contributed by atoms with van der Waals surface area (Å²) in [4.78, 5) is 10.8. The van der Waals surface area contributed by atoms with Crippen LogP contribution in [0.5, 0.6) is 11.8 Å². The molecule has 0 amide bonds. The van der Waals surface area contributed by atoms with Crippen molar-refractivity contribution >= 4 is 23.1 Å². The van der Waals surface area contributed by atoms with Gasteiger partial charge in [0.15, 0.2) is 5.82 Å². The molecule has 1 aliphatic heterocycles. The largest absolute Gasteiger partial charge is 0.474 e. The van der Waals surface area contributed by atoms with Gasteiger partial charge in [-0.05, 0) is 18.6 Å². The van der Waals surface area contributed by atoms with E-state index in [1.807, 2.05) is 24.3 Å². The molecule has 0 aliphatic carbocycles. The highest BCUT2D eigenvalue weighted by atomic mass is 35.5. The number of hydrogen-bond acceptors (Lipinski definition) is 8. The zero-order valence-corrected chi connectivity index (χ0v) is 19.2. The van der Waals surface area contributed by atoms with E-state index in [1.54, 1.807) is 18.3 Å². The molecule has 3 aromatic rings. The fourth-order valence-electron chi connectivity index (χ4n) is 3.35. The van der Waals surface area contributed by atoms with Gasteiger partial charge in [-0.1, -0.05) is 41.4 Å². The fraction of sp³-hybridized carbons (Fsp3) is 0.333. The third-order valence-corrected chi connectivity index (χ3v) is 5.17. The number of halogens is 1. The van der Waals surface area contributed by atoms with Crippen LogP contribution in [0.3, 0.4) is 0 Å². The van der Waals surface area contributed by atoms with E-state index in [-0.39, 0.29) is 0 Å². The van der Waals surface area contributed by atoms with Crippen LogP contribution in [0.4, 0.5) is 11.5 Å². The normalized spacial score (nSPS) is 13.9. The van der Waals surface area contributed by atoms with Crippen LogP contribution in [0.2, 0.25) is 5.02 Å². The minimum atomic E-state index is 0.309. The third-order valence-electron chi connectivity index (χ3n) is 4.94. The van der Waals surface area contributed by atoms with Crippen molar-refractivity contribution < 1.29 is 14.2 Å². The molecule has 1 aliphatic rings. The minimum absolute atomic E-state index is 0.309. The van der Waals surface area contributed by atoms with E-state index in [0.29, 0.717) is 55.6 Å². The average molecular weight is 468 g/mol. The number of azo groups is 1. The maximum Gasteiger partial charge on any atom is 0.217 e. The van der Waals surface area contributed by atoms with Gasteiger partial charge in [-0.2, -0.15) is 10.1 Å². The Balaban J connectivity index is 1.41. The van der Waals surface area contributed by atoms with E-state index in [4.69, 9.17) is 25.8 Å². The predicted octanol–water partition coefficient (Wildman–Crippen LogP) is 5.02. The number of nitrogens with zero attached hydrogens (tertiary/aromatic N) is 5. The van der Waals surface area contributed by atoms with Crippen molar-refractivity contribution in [1.82, 2.24) is 9.97 Å². The molecule has 0 radical (unpaired) electrons. The summed E-state index contributed by atoms with van der Waals surface area (Å²) in [6.07, 6.45) is 1.54. The molecule has 9 heteroatoms. The van der Waals surface area contributed by atoms with Gasteiger partial charge in [0.2, 0.25) is 11.8 Å². The van der Waals surface area contributed by atoms with Crippen LogP contribution in [0.25, 0.3) is 0 Å². The number of aryl methyl sites for hydroxylation is 1. The van der Waals surface area contributed by atoms with Crippen LogP contribution in [0, 0.1) is 6.92 Å². The number of pyridine rings is 2. The molecule has 1 fully saturated rings. The van der Waals surface area contributed by atoms with E-state index >= 15 is 0 Å². The first-order chi connectivity index (χ1) is 16.2. The first-order valence-corrected chi connectivity index (χ1v) is 11.2.